The highest BCUT2D eigenvalue weighted by molar-refractivity contribution is 8.15. The van der Waals surface area contributed by atoms with Crippen LogP contribution in [0.5, 0.6) is 0 Å². The van der Waals surface area contributed by atoms with Crippen molar-refractivity contribution in [2.45, 2.75) is 57.9 Å². The molecule has 3 fully saturated rings. The first-order valence-corrected chi connectivity index (χ1v) is 11.4. The molecule has 172 valence electrons. The summed E-state index contributed by atoms with van der Waals surface area (Å²) in [6.07, 6.45) is -1.52. The summed E-state index contributed by atoms with van der Waals surface area (Å²) in [5.41, 5.74) is 0.392. The first kappa shape index (κ1) is 22.8. The van der Waals surface area contributed by atoms with Crippen molar-refractivity contribution in [1.82, 2.24) is 5.32 Å². The van der Waals surface area contributed by atoms with Gasteiger partial charge in [-0.2, -0.15) is 18.3 Å². The maximum atomic E-state index is 12.8. The first-order chi connectivity index (χ1) is 14.9. The fraction of sp³-hybridized carbons (Fsp3) is 0.545. The van der Waals surface area contributed by atoms with E-state index in [4.69, 9.17) is 0 Å². The van der Waals surface area contributed by atoms with E-state index in [9.17, 15) is 22.8 Å². The predicted molar refractivity (Wildman–Crippen MR) is 118 cm³/mol. The van der Waals surface area contributed by atoms with Crippen molar-refractivity contribution in [3.05, 3.63) is 29.8 Å². The lowest BCUT2D eigenvalue weighted by Gasteiger charge is -2.34. The third-order valence-corrected chi connectivity index (χ3v) is 8.47. The quantitative estimate of drug-likeness (QED) is 0.624. The van der Waals surface area contributed by atoms with E-state index >= 15 is 0 Å². The molecule has 2 amide bonds. The number of carbonyl (C=O) groups excluding carboxylic acids is 2. The monoisotopic (exact) mass is 466 g/mol. The second-order valence-corrected chi connectivity index (χ2v) is 10.6. The minimum Gasteiger partial charge on any atom is -0.326 e. The zero-order chi connectivity index (χ0) is 23.3. The lowest BCUT2D eigenvalue weighted by molar-refractivity contribution is -0.137. The summed E-state index contributed by atoms with van der Waals surface area (Å²) >= 11 is 1.11. The lowest BCUT2D eigenvalue weighted by Crippen LogP contribution is -2.32. The molecule has 6 nitrogen and oxygen atoms in total. The molecule has 0 radical (unpaired) electrons. The Hall–Kier alpha value is -2.36. The summed E-state index contributed by atoms with van der Waals surface area (Å²) in [7, 11) is 0. The van der Waals surface area contributed by atoms with Crippen molar-refractivity contribution < 1.29 is 22.8 Å². The number of benzene rings is 1. The Balaban J connectivity index is 1.38. The Labute approximate surface area is 188 Å². The molecule has 1 aromatic carbocycles. The smallest absolute Gasteiger partial charge is 0.326 e. The van der Waals surface area contributed by atoms with Gasteiger partial charge in [0.1, 0.15) is 5.25 Å². The number of fused-ring (bicyclic) bond motifs is 2. The van der Waals surface area contributed by atoms with E-state index in [0.717, 1.165) is 42.4 Å². The molecule has 0 spiro atoms. The van der Waals surface area contributed by atoms with Gasteiger partial charge >= 0.3 is 6.18 Å². The van der Waals surface area contributed by atoms with Gasteiger partial charge in [-0.1, -0.05) is 38.6 Å². The van der Waals surface area contributed by atoms with Crippen molar-refractivity contribution in [3.63, 3.8) is 0 Å². The Morgan fingerprint density at radius 1 is 1.28 bits per heavy atom. The highest BCUT2D eigenvalue weighted by atomic mass is 32.2. The van der Waals surface area contributed by atoms with Crippen LogP contribution in [0.2, 0.25) is 0 Å². The average molecular weight is 467 g/mol. The number of halogens is 3. The zero-order valence-electron chi connectivity index (χ0n) is 18.0. The molecule has 2 aliphatic carbocycles. The second kappa shape index (κ2) is 7.90. The van der Waals surface area contributed by atoms with Crippen LogP contribution in [0, 0.1) is 16.7 Å². The van der Waals surface area contributed by atoms with E-state index in [1.54, 1.807) is 0 Å². The molecule has 0 aromatic heterocycles. The van der Waals surface area contributed by atoms with E-state index in [-0.39, 0.29) is 28.8 Å². The van der Waals surface area contributed by atoms with Crippen LogP contribution >= 0.6 is 11.8 Å². The lowest BCUT2D eigenvalue weighted by atomic mass is 9.70. The number of amides is 2. The maximum Gasteiger partial charge on any atom is 0.416 e. The van der Waals surface area contributed by atoms with Crippen LogP contribution in [-0.4, -0.2) is 27.9 Å². The molecule has 1 aliphatic heterocycles. The van der Waals surface area contributed by atoms with Gasteiger partial charge in [0.05, 0.1) is 5.56 Å². The van der Waals surface area contributed by atoms with Crippen molar-refractivity contribution in [1.29, 1.82) is 0 Å². The third-order valence-electron chi connectivity index (χ3n) is 7.39. The molecule has 2 N–H and O–H groups in total. The highest BCUT2D eigenvalue weighted by Crippen LogP contribution is 2.64. The van der Waals surface area contributed by atoms with Crippen molar-refractivity contribution in [3.8, 4) is 0 Å². The Morgan fingerprint density at radius 2 is 2.03 bits per heavy atom. The van der Waals surface area contributed by atoms with E-state index in [2.05, 4.69) is 41.6 Å². The van der Waals surface area contributed by atoms with Gasteiger partial charge in [-0.05, 0) is 48.8 Å². The Bertz CT molecular complexity index is 1020. The molecular formula is C22H25F3N4O2S. The molecule has 2 saturated carbocycles. The van der Waals surface area contributed by atoms with Gasteiger partial charge in [0.25, 0.3) is 0 Å². The SMILES string of the molecule is CC12CCC(C/C1=N/N=C1/NC(=O)C(CC(=O)Nc3cccc(C(F)(F)F)c3)S1)C2(C)C. The molecule has 10 heteroatoms. The fourth-order valence-electron chi connectivity index (χ4n) is 4.93. The van der Waals surface area contributed by atoms with E-state index in [1.165, 1.54) is 18.6 Å². The third kappa shape index (κ3) is 4.04. The summed E-state index contributed by atoms with van der Waals surface area (Å²) in [4.78, 5) is 24.6. The van der Waals surface area contributed by atoms with Crippen molar-refractivity contribution in [2.75, 3.05) is 5.32 Å². The average Bonchev–Trinajstić information content (AvgIpc) is 3.22. The predicted octanol–water partition coefficient (Wildman–Crippen LogP) is 4.82. The minimum absolute atomic E-state index is 0.000748. The number of rotatable bonds is 4. The molecule has 3 atom stereocenters. The highest BCUT2D eigenvalue weighted by Gasteiger charge is 2.60. The summed E-state index contributed by atoms with van der Waals surface area (Å²) in [6, 6.07) is 4.38. The normalized spacial score (nSPS) is 31.4. The number of nitrogens with one attached hydrogen (secondary N) is 2. The van der Waals surface area contributed by atoms with Crippen LogP contribution < -0.4 is 10.6 Å². The van der Waals surface area contributed by atoms with E-state index < -0.39 is 22.9 Å². The molecule has 1 heterocycles. The number of carbonyl (C=O) groups is 2. The van der Waals surface area contributed by atoms with Crippen LogP contribution in [0.1, 0.15) is 52.0 Å². The van der Waals surface area contributed by atoms with E-state index in [0.29, 0.717) is 11.1 Å². The molecule has 1 saturated heterocycles. The summed E-state index contributed by atoms with van der Waals surface area (Å²) in [5, 5.41) is 13.4. The van der Waals surface area contributed by atoms with Crippen molar-refractivity contribution >= 4 is 40.1 Å². The van der Waals surface area contributed by atoms with Gasteiger partial charge < -0.3 is 10.6 Å². The maximum absolute atomic E-state index is 12.8. The van der Waals surface area contributed by atoms with Gasteiger partial charge in [0.2, 0.25) is 11.8 Å². The number of amidine groups is 1. The first-order valence-electron chi connectivity index (χ1n) is 10.5. The minimum atomic E-state index is -4.50. The molecule has 32 heavy (non-hydrogen) atoms. The van der Waals surface area contributed by atoms with E-state index in [1.807, 2.05) is 0 Å². The standard InChI is InChI=1S/C22H25F3N4O2S/c1-20(2)12-7-8-21(20,3)16(10-12)28-29-19-27-18(31)15(32-19)11-17(30)26-14-6-4-5-13(9-14)22(23,24)25/h4-6,9,12,15H,7-8,10-11H2,1-3H3,(H,26,30)(H,27,29,31)/b28-16-. The summed E-state index contributed by atoms with van der Waals surface area (Å²) < 4.78 is 38.5. The van der Waals surface area contributed by atoms with Gasteiger partial charge in [0.15, 0.2) is 5.17 Å². The van der Waals surface area contributed by atoms with Gasteiger partial charge in [-0.15, -0.1) is 5.10 Å². The van der Waals surface area contributed by atoms with Crippen molar-refractivity contribution in [2.24, 2.45) is 27.0 Å². The zero-order valence-corrected chi connectivity index (χ0v) is 18.9. The second-order valence-electron chi connectivity index (χ2n) is 9.37. The molecule has 3 unspecified atom stereocenters. The van der Waals surface area contributed by atoms with Gasteiger partial charge in [-0.3, -0.25) is 9.59 Å². The topological polar surface area (TPSA) is 82.9 Å². The number of hydrogen-bond acceptors (Lipinski definition) is 5. The summed E-state index contributed by atoms with van der Waals surface area (Å²) in [6.45, 7) is 6.76. The molecule has 3 aliphatic rings. The number of hydrogen-bond donors (Lipinski definition) is 2. The van der Waals surface area contributed by atoms with Crippen LogP contribution in [0.25, 0.3) is 0 Å². The fourth-order valence-corrected chi connectivity index (χ4v) is 5.84. The Kier molecular flexibility index (Phi) is 5.63. The number of thioether (sulfide) groups is 1. The molecule has 1 aromatic rings. The Morgan fingerprint density at radius 3 is 2.66 bits per heavy atom. The van der Waals surface area contributed by atoms with Gasteiger partial charge in [0, 0.05) is 23.2 Å². The molecular weight excluding hydrogens is 441 g/mol. The van der Waals surface area contributed by atoms with Gasteiger partial charge in [-0.25, -0.2) is 0 Å². The number of anilines is 1. The van der Waals surface area contributed by atoms with Crippen LogP contribution in [-0.2, 0) is 15.8 Å². The van der Waals surface area contributed by atoms with Crippen LogP contribution in [0.4, 0.5) is 18.9 Å². The van der Waals surface area contributed by atoms with Crippen LogP contribution in [0.15, 0.2) is 34.5 Å². The molecule has 4 rings (SSSR count). The van der Waals surface area contributed by atoms with Crippen LogP contribution in [0.3, 0.4) is 0 Å². The molecule has 2 bridgehead atoms. The largest absolute Gasteiger partial charge is 0.416 e. The number of nitrogens with zero attached hydrogens (tertiary/aromatic N) is 2. The number of alkyl halides is 3. The summed E-state index contributed by atoms with van der Waals surface area (Å²) in [5.74, 6) is -0.330.